The number of hydrogen-bond donors (Lipinski definition) is 0. The summed E-state index contributed by atoms with van der Waals surface area (Å²) >= 11 is 1.25. The van der Waals surface area contributed by atoms with E-state index in [0.29, 0.717) is 71.4 Å². The van der Waals surface area contributed by atoms with Gasteiger partial charge in [0.05, 0.1) is 28.1 Å². The SMILES string of the molecule is CCc1cccc(CC)c1-n1c(CC(C)C)c(C(=O)N2CCC[C@H](C)C2)cc(-c2nc(-c3ccc(C(F)(F)F)cc3)cs2)c1=O. The molecule has 2 aromatic carbocycles. The zero-order valence-corrected chi connectivity index (χ0v) is 27.3. The van der Waals surface area contributed by atoms with E-state index in [9.17, 15) is 22.8 Å². The highest BCUT2D eigenvalue weighted by Gasteiger charge is 2.31. The molecule has 1 fully saturated rings. The number of carbonyl (C=O) groups is 1. The largest absolute Gasteiger partial charge is 0.416 e. The monoisotopic (exact) mass is 635 g/mol. The van der Waals surface area contributed by atoms with Crippen molar-refractivity contribution in [3.63, 3.8) is 0 Å². The number of rotatable bonds is 8. The summed E-state index contributed by atoms with van der Waals surface area (Å²) in [5.74, 6) is 0.483. The predicted octanol–water partition coefficient (Wildman–Crippen LogP) is 8.84. The van der Waals surface area contributed by atoms with Crippen molar-refractivity contribution in [2.24, 2.45) is 11.8 Å². The Bertz CT molecular complexity index is 1720. The van der Waals surface area contributed by atoms with Gasteiger partial charge in [0.15, 0.2) is 0 Å². The molecule has 238 valence electrons. The molecule has 1 aliphatic rings. The van der Waals surface area contributed by atoms with Crippen LogP contribution in [-0.2, 0) is 25.4 Å². The van der Waals surface area contributed by atoms with Crippen molar-refractivity contribution in [1.29, 1.82) is 0 Å². The molecule has 5 nitrogen and oxygen atoms in total. The molecule has 45 heavy (non-hydrogen) atoms. The minimum Gasteiger partial charge on any atom is -0.338 e. The number of benzene rings is 2. The average Bonchev–Trinajstić information content (AvgIpc) is 3.50. The zero-order chi connectivity index (χ0) is 32.5. The molecule has 2 aromatic heterocycles. The van der Waals surface area contributed by atoms with Gasteiger partial charge in [-0.05, 0) is 73.3 Å². The van der Waals surface area contributed by atoms with Gasteiger partial charge in [0.25, 0.3) is 11.5 Å². The van der Waals surface area contributed by atoms with Crippen molar-refractivity contribution in [1.82, 2.24) is 14.5 Å². The molecule has 0 saturated carbocycles. The molecule has 1 aliphatic heterocycles. The van der Waals surface area contributed by atoms with Crippen LogP contribution in [0.15, 0.2) is 58.7 Å². The van der Waals surface area contributed by atoms with Crippen LogP contribution in [0.25, 0.3) is 27.5 Å². The van der Waals surface area contributed by atoms with E-state index in [1.165, 1.54) is 23.5 Å². The number of likely N-dealkylation sites (tertiary alicyclic amines) is 1. The van der Waals surface area contributed by atoms with E-state index >= 15 is 0 Å². The number of pyridine rings is 1. The third-order valence-corrected chi connectivity index (χ3v) is 9.39. The molecule has 1 atom stereocenters. The maximum Gasteiger partial charge on any atom is 0.416 e. The molecule has 5 rings (SSSR count). The Hall–Kier alpha value is -3.72. The molecule has 3 heterocycles. The van der Waals surface area contributed by atoms with E-state index in [2.05, 4.69) is 34.6 Å². The molecular formula is C36H40F3N3O2S. The van der Waals surface area contributed by atoms with E-state index in [0.717, 1.165) is 41.8 Å². The number of aryl methyl sites for hydroxylation is 2. The second kappa shape index (κ2) is 13.3. The van der Waals surface area contributed by atoms with Crippen LogP contribution in [0.5, 0.6) is 0 Å². The van der Waals surface area contributed by atoms with Gasteiger partial charge >= 0.3 is 6.18 Å². The summed E-state index contributed by atoms with van der Waals surface area (Å²) in [6.07, 6.45) is -0.471. The molecule has 0 bridgehead atoms. The lowest BCUT2D eigenvalue weighted by atomic mass is 9.95. The normalized spacial score (nSPS) is 15.6. The van der Waals surface area contributed by atoms with Gasteiger partial charge in [-0.1, -0.05) is 65.0 Å². The minimum atomic E-state index is -4.43. The number of halogens is 3. The number of amides is 1. The van der Waals surface area contributed by atoms with Gasteiger partial charge in [0.2, 0.25) is 0 Å². The smallest absolute Gasteiger partial charge is 0.338 e. The van der Waals surface area contributed by atoms with Crippen molar-refractivity contribution >= 4 is 17.2 Å². The van der Waals surface area contributed by atoms with Crippen LogP contribution < -0.4 is 5.56 Å². The second-order valence-corrected chi connectivity index (χ2v) is 13.3. The first-order valence-electron chi connectivity index (χ1n) is 15.8. The molecule has 0 N–H and O–H groups in total. The number of aromatic nitrogens is 2. The Morgan fingerprint density at radius 3 is 2.31 bits per heavy atom. The van der Waals surface area contributed by atoms with Gasteiger partial charge in [0, 0.05) is 29.7 Å². The first-order valence-corrected chi connectivity index (χ1v) is 16.6. The highest BCUT2D eigenvalue weighted by atomic mass is 32.1. The standard InChI is InChI=1S/C36H40F3N3O2S/c1-6-24-11-8-12-25(7-2)32(24)42-31(18-22(3)4)28(34(43)41-17-9-10-23(5)20-41)19-29(35(42)44)33-40-30(21-45-33)26-13-15-27(16-14-26)36(37,38)39/h8,11-16,19,21-23H,6-7,9-10,17-18,20H2,1-5H3/t23-/m0/s1. The summed E-state index contributed by atoms with van der Waals surface area (Å²) in [4.78, 5) is 35.7. The Balaban J connectivity index is 1.75. The van der Waals surface area contributed by atoms with Gasteiger partial charge < -0.3 is 4.90 Å². The fourth-order valence-electron chi connectivity index (χ4n) is 6.22. The third kappa shape index (κ3) is 6.78. The quantitative estimate of drug-likeness (QED) is 0.194. The summed E-state index contributed by atoms with van der Waals surface area (Å²) in [5.41, 5.74) is 4.40. The van der Waals surface area contributed by atoms with Crippen LogP contribution in [0.4, 0.5) is 13.2 Å². The number of thiazole rings is 1. The van der Waals surface area contributed by atoms with Crippen molar-refractivity contribution < 1.29 is 18.0 Å². The van der Waals surface area contributed by atoms with Gasteiger partial charge in [-0.3, -0.25) is 14.2 Å². The second-order valence-electron chi connectivity index (χ2n) is 12.4. The average molecular weight is 636 g/mol. The summed E-state index contributed by atoms with van der Waals surface area (Å²) < 4.78 is 41.3. The third-order valence-electron chi connectivity index (χ3n) is 8.51. The Morgan fingerprint density at radius 2 is 1.73 bits per heavy atom. The predicted molar refractivity (Wildman–Crippen MR) is 175 cm³/mol. The molecule has 0 radical (unpaired) electrons. The molecule has 9 heteroatoms. The van der Waals surface area contributed by atoms with Crippen LogP contribution in [0.2, 0.25) is 0 Å². The number of para-hydroxylation sites is 1. The lowest BCUT2D eigenvalue weighted by Gasteiger charge is -2.32. The van der Waals surface area contributed by atoms with E-state index in [-0.39, 0.29) is 17.4 Å². The van der Waals surface area contributed by atoms with Crippen molar-refractivity contribution in [3.8, 4) is 27.5 Å². The number of nitrogens with zero attached hydrogens (tertiary/aromatic N) is 3. The van der Waals surface area contributed by atoms with Crippen molar-refractivity contribution in [2.75, 3.05) is 13.1 Å². The van der Waals surface area contributed by atoms with Crippen LogP contribution in [0.1, 0.15) is 80.2 Å². The first kappa shape index (κ1) is 32.7. The fourth-order valence-corrected chi connectivity index (χ4v) is 7.06. The maximum atomic E-state index is 14.7. The number of carbonyl (C=O) groups excluding carboxylic acids is 1. The molecule has 1 saturated heterocycles. The van der Waals surface area contributed by atoms with Crippen LogP contribution >= 0.6 is 11.3 Å². The fraction of sp³-hybridized carbons (Fsp3) is 0.417. The van der Waals surface area contributed by atoms with E-state index in [4.69, 9.17) is 4.98 Å². The van der Waals surface area contributed by atoms with Gasteiger partial charge in [0.1, 0.15) is 5.01 Å². The van der Waals surface area contributed by atoms with Crippen molar-refractivity contribution in [3.05, 3.63) is 92.2 Å². The molecule has 0 unspecified atom stereocenters. The molecule has 4 aromatic rings. The van der Waals surface area contributed by atoms with Crippen molar-refractivity contribution in [2.45, 2.75) is 72.9 Å². The number of alkyl halides is 3. The summed E-state index contributed by atoms with van der Waals surface area (Å²) in [6.45, 7) is 11.8. The Morgan fingerprint density at radius 1 is 1.07 bits per heavy atom. The maximum absolute atomic E-state index is 14.7. The summed E-state index contributed by atoms with van der Waals surface area (Å²) in [5, 5.41) is 2.17. The van der Waals surface area contributed by atoms with E-state index < -0.39 is 11.7 Å². The van der Waals surface area contributed by atoms with Crippen LogP contribution in [0.3, 0.4) is 0 Å². The molecule has 0 aliphatic carbocycles. The lowest BCUT2D eigenvalue weighted by Crippen LogP contribution is -2.40. The molecular weight excluding hydrogens is 595 g/mol. The van der Waals surface area contributed by atoms with Crippen LogP contribution in [0, 0.1) is 11.8 Å². The summed E-state index contributed by atoms with van der Waals surface area (Å²) in [6, 6.07) is 12.6. The van der Waals surface area contributed by atoms with Gasteiger partial charge in [-0.15, -0.1) is 11.3 Å². The number of hydrogen-bond acceptors (Lipinski definition) is 4. The highest BCUT2D eigenvalue weighted by molar-refractivity contribution is 7.13. The topological polar surface area (TPSA) is 55.2 Å². The highest BCUT2D eigenvalue weighted by Crippen LogP contribution is 2.34. The Kier molecular flexibility index (Phi) is 9.68. The summed E-state index contributed by atoms with van der Waals surface area (Å²) in [7, 11) is 0. The van der Waals surface area contributed by atoms with Gasteiger partial charge in [-0.2, -0.15) is 13.2 Å². The van der Waals surface area contributed by atoms with Gasteiger partial charge in [-0.25, -0.2) is 4.98 Å². The first-order chi connectivity index (χ1) is 21.4. The molecule has 1 amide bonds. The van der Waals surface area contributed by atoms with Crippen LogP contribution in [-0.4, -0.2) is 33.4 Å². The number of piperidine rings is 1. The molecule has 0 spiro atoms. The Labute approximate surface area is 266 Å². The van der Waals surface area contributed by atoms with E-state index in [1.54, 1.807) is 16.0 Å². The van der Waals surface area contributed by atoms with E-state index in [1.807, 2.05) is 23.1 Å². The lowest BCUT2D eigenvalue weighted by molar-refractivity contribution is -0.137. The zero-order valence-electron chi connectivity index (χ0n) is 26.5. The minimum absolute atomic E-state index is 0.0845.